The van der Waals surface area contributed by atoms with E-state index in [2.05, 4.69) is 10.1 Å². The fourth-order valence-corrected chi connectivity index (χ4v) is 4.33. The van der Waals surface area contributed by atoms with Crippen LogP contribution in [0.4, 0.5) is 0 Å². The summed E-state index contributed by atoms with van der Waals surface area (Å²) in [5.41, 5.74) is 2.09. The Kier molecular flexibility index (Phi) is 4.93. The number of hydrogen-bond donors (Lipinski definition) is 0. The highest BCUT2D eigenvalue weighted by Crippen LogP contribution is 2.26. The first-order valence-corrected chi connectivity index (χ1v) is 9.77. The SMILES string of the molecule is Cc1noc(C)c1CN1CCOC2CN(C(=O)/C=C/c3cccs3)CC21. The molecule has 138 valence electrons. The van der Waals surface area contributed by atoms with Crippen LogP contribution in [0, 0.1) is 13.8 Å². The lowest BCUT2D eigenvalue weighted by atomic mass is 10.1. The van der Waals surface area contributed by atoms with E-state index in [1.165, 1.54) is 0 Å². The number of fused-ring (bicyclic) bond motifs is 1. The fraction of sp³-hybridized carbons (Fsp3) is 0.474. The summed E-state index contributed by atoms with van der Waals surface area (Å²) in [5, 5.41) is 6.06. The van der Waals surface area contributed by atoms with Crippen molar-refractivity contribution in [3.8, 4) is 0 Å². The van der Waals surface area contributed by atoms with Crippen molar-refractivity contribution in [3.05, 3.63) is 45.5 Å². The highest BCUT2D eigenvalue weighted by Gasteiger charge is 2.41. The van der Waals surface area contributed by atoms with Gasteiger partial charge in [0, 0.05) is 42.7 Å². The first-order chi connectivity index (χ1) is 12.6. The Balaban J connectivity index is 1.43. The van der Waals surface area contributed by atoms with Gasteiger partial charge in [0.1, 0.15) is 5.76 Å². The van der Waals surface area contributed by atoms with Crippen molar-refractivity contribution in [2.45, 2.75) is 32.5 Å². The zero-order valence-electron chi connectivity index (χ0n) is 15.1. The lowest BCUT2D eigenvalue weighted by molar-refractivity contribution is -0.125. The first-order valence-electron chi connectivity index (χ1n) is 8.89. The van der Waals surface area contributed by atoms with Gasteiger partial charge in [0.05, 0.1) is 24.4 Å². The number of morpholine rings is 1. The van der Waals surface area contributed by atoms with Gasteiger partial charge in [-0.05, 0) is 31.4 Å². The van der Waals surface area contributed by atoms with Gasteiger partial charge in [0.25, 0.3) is 0 Å². The average Bonchev–Trinajstić information content (AvgIpc) is 3.36. The number of aromatic nitrogens is 1. The second-order valence-corrected chi connectivity index (χ2v) is 7.82. The molecule has 2 aromatic rings. The van der Waals surface area contributed by atoms with E-state index in [1.54, 1.807) is 17.4 Å². The molecule has 2 aliphatic rings. The van der Waals surface area contributed by atoms with Gasteiger partial charge in [0.2, 0.25) is 5.91 Å². The minimum absolute atomic E-state index is 0.0497. The molecule has 0 N–H and O–H groups in total. The second-order valence-electron chi connectivity index (χ2n) is 6.84. The van der Waals surface area contributed by atoms with Crippen LogP contribution in [-0.2, 0) is 16.1 Å². The molecule has 26 heavy (non-hydrogen) atoms. The van der Waals surface area contributed by atoms with E-state index in [1.807, 2.05) is 42.3 Å². The summed E-state index contributed by atoms with van der Waals surface area (Å²) in [6.07, 6.45) is 3.63. The number of carbonyl (C=O) groups is 1. The number of carbonyl (C=O) groups excluding carboxylic acids is 1. The Hall–Kier alpha value is -1.96. The van der Waals surface area contributed by atoms with Gasteiger partial charge in [-0.25, -0.2) is 0 Å². The van der Waals surface area contributed by atoms with Gasteiger partial charge < -0.3 is 14.2 Å². The fourth-order valence-electron chi connectivity index (χ4n) is 3.71. The average molecular weight is 373 g/mol. The minimum Gasteiger partial charge on any atom is -0.373 e. The first kappa shape index (κ1) is 17.5. The van der Waals surface area contributed by atoms with Crippen molar-refractivity contribution >= 4 is 23.3 Å². The van der Waals surface area contributed by atoms with Crippen molar-refractivity contribution in [2.75, 3.05) is 26.2 Å². The van der Waals surface area contributed by atoms with Crippen LogP contribution in [0.25, 0.3) is 6.08 Å². The zero-order valence-corrected chi connectivity index (χ0v) is 15.9. The number of rotatable bonds is 4. The van der Waals surface area contributed by atoms with Gasteiger partial charge in [-0.15, -0.1) is 11.3 Å². The number of ether oxygens (including phenoxy) is 1. The quantitative estimate of drug-likeness (QED) is 0.771. The number of hydrogen-bond acceptors (Lipinski definition) is 6. The lowest BCUT2D eigenvalue weighted by Gasteiger charge is -2.36. The largest absolute Gasteiger partial charge is 0.373 e. The number of aryl methyl sites for hydroxylation is 2. The molecule has 0 saturated carbocycles. The van der Waals surface area contributed by atoms with Crippen LogP contribution in [0.5, 0.6) is 0 Å². The molecule has 4 heterocycles. The van der Waals surface area contributed by atoms with Crippen LogP contribution in [-0.4, -0.2) is 59.3 Å². The van der Waals surface area contributed by atoms with Crippen LogP contribution < -0.4 is 0 Å². The third kappa shape index (κ3) is 3.47. The Morgan fingerprint density at radius 1 is 1.42 bits per heavy atom. The van der Waals surface area contributed by atoms with Crippen LogP contribution >= 0.6 is 11.3 Å². The summed E-state index contributed by atoms with van der Waals surface area (Å²) in [5.74, 6) is 0.920. The molecule has 0 spiro atoms. The Labute approximate surface area is 157 Å². The van der Waals surface area contributed by atoms with E-state index in [0.29, 0.717) is 19.7 Å². The van der Waals surface area contributed by atoms with Crippen LogP contribution in [0.2, 0.25) is 0 Å². The molecule has 2 fully saturated rings. The highest BCUT2D eigenvalue weighted by atomic mass is 32.1. The predicted molar refractivity (Wildman–Crippen MR) is 99.8 cm³/mol. The van der Waals surface area contributed by atoms with Crippen molar-refractivity contribution in [1.29, 1.82) is 0 Å². The van der Waals surface area contributed by atoms with Gasteiger partial charge in [-0.3, -0.25) is 9.69 Å². The third-order valence-electron chi connectivity index (χ3n) is 5.20. The topological polar surface area (TPSA) is 58.8 Å². The molecule has 0 radical (unpaired) electrons. The summed E-state index contributed by atoms with van der Waals surface area (Å²) < 4.78 is 11.2. The molecule has 2 aromatic heterocycles. The van der Waals surface area contributed by atoms with Crippen molar-refractivity contribution in [1.82, 2.24) is 15.0 Å². The second kappa shape index (κ2) is 7.34. The van der Waals surface area contributed by atoms with Crippen LogP contribution in [0.3, 0.4) is 0 Å². The molecule has 2 unspecified atom stereocenters. The van der Waals surface area contributed by atoms with E-state index in [9.17, 15) is 4.79 Å². The number of thiophene rings is 1. The maximum atomic E-state index is 12.6. The standard InChI is InChI=1S/C19H23N3O3S/c1-13-16(14(2)25-20-13)10-21-7-8-24-18-12-22(11-17(18)21)19(23)6-5-15-4-3-9-26-15/h3-6,9,17-18H,7-8,10-12H2,1-2H3/b6-5+. The molecular formula is C19H23N3O3S. The zero-order chi connectivity index (χ0) is 18.1. The molecule has 7 heteroatoms. The molecule has 0 aliphatic carbocycles. The van der Waals surface area contributed by atoms with Gasteiger partial charge in [-0.2, -0.15) is 0 Å². The highest BCUT2D eigenvalue weighted by molar-refractivity contribution is 7.10. The smallest absolute Gasteiger partial charge is 0.246 e. The molecule has 0 bridgehead atoms. The van der Waals surface area contributed by atoms with Gasteiger partial charge >= 0.3 is 0 Å². The summed E-state index contributed by atoms with van der Waals surface area (Å²) in [4.78, 5) is 17.9. The molecule has 4 rings (SSSR count). The summed E-state index contributed by atoms with van der Waals surface area (Å²) >= 11 is 1.63. The molecule has 1 amide bonds. The summed E-state index contributed by atoms with van der Waals surface area (Å²) in [6.45, 7) is 7.61. The lowest BCUT2D eigenvalue weighted by Crippen LogP contribution is -2.50. The molecule has 2 aliphatic heterocycles. The Morgan fingerprint density at radius 2 is 2.31 bits per heavy atom. The predicted octanol–water partition coefficient (Wildman–Crippen LogP) is 2.48. The van der Waals surface area contributed by atoms with Gasteiger partial charge in [-0.1, -0.05) is 11.2 Å². The minimum atomic E-state index is 0.0497. The van der Waals surface area contributed by atoms with Crippen molar-refractivity contribution in [2.24, 2.45) is 0 Å². The molecule has 0 aromatic carbocycles. The van der Waals surface area contributed by atoms with E-state index >= 15 is 0 Å². The number of likely N-dealkylation sites (tertiary alicyclic amines) is 1. The molecule has 2 saturated heterocycles. The number of nitrogens with zero attached hydrogens (tertiary/aromatic N) is 3. The third-order valence-corrected chi connectivity index (χ3v) is 6.04. The normalized spacial score (nSPS) is 23.7. The van der Waals surface area contributed by atoms with Crippen LogP contribution in [0.1, 0.15) is 21.9 Å². The van der Waals surface area contributed by atoms with E-state index in [0.717, 1.165) is 35.0 Å². The van der Waals surface area contributed by atoms with Crippen molar-refractivity contribution < 1.29 is 14.1 Å². The Morgan fingerprint density at radius 3 is 3.04 bits per heavy atom. The van der Waals surface area contributed by atoms with Crippen molar-refractivity contribution in [3.63, 3.8) is 0 Å². The van der Waals surface area contributed by atoms with E-state index < -0.39 is 0 Å². The van der Waals surface area contributed by atoms with E-state index in [-0.39, 0.29) is 18.1 Å². The summed E-state index contributed by atoms with van der Waals surface area (Å²) in [7, 11) is 0. The maximum absolute atomic E-state index is 12.6. The number of amides is 1. The van der Waals surface area contributed by atoms with Crippen LogP contribution in [0.15, 0.2) is 28.1 Å². The molecule has 2 atom stereocenters. The molecular weight excluding hydrogens is 350 g/mol. The van der Waals surface area contributed by atoms with E-state index in [4.69, 9.17) is 9.26 Å². The monoisotopic (exact) mass is 373 g/mol. The summed E-state index contributed by atoms with van der Waals surface area (Å²) in [6, 6.07) is 4.21. The van der Waals surface area contributed by atoms with Gasteiger partial charge in [0.15, 0.2) is 0 Å². The molecule has 6 nitrogen and oxygen atoms in total. The maximum Gasteiger partial charge on any atom is 0.246 e. The Bertz CT molecular complexity index is 780.